The van der Waals surface area contributed by atoms with Crippen LogP contribution in [-0.4, -0.2) is 35.9 Å². The molecule has 1 aromatic heterocycles. The van der Waals surface area contributed by atoms with Gasteiger partial charge in [-0.15, -0.1) is 0 Å². The molecule has 0 aliphatic carbocycles. The minimum Gasteiger partial charge on any atom is -0.480 e. The number of carboxylic acid groups (broad SMARTS) is 1. The molecular formula is C17H14ClN3O5S. The molecule has 0 saturated carbocycles. The molecule has 0 spiro atoms. The van der Waals surface area contributed by atoms with Crippen molar-refractivity contribution in [3.8, 4) is 11.4 Å². The van der Waals surface area contributed by atoms with Gasteiger partial charge in [0, 0.05) is 12.4 Å². The van der Waals surface area contributed by atoms with Crippen molar-refractivity contribution in [1.82, 2.24) is 9.78 Å². The van der Waals surface area contributed by atoms with E-state index in [0.717, 1.165) is 0 Å². The van der Waals surface area contributed by atoms with Gasteiger partial charge < -0.3 is 9.84 Å². The number of anilines is 1. The Morgan fingerprint density at radius 2 is 2.04 bits per heavy atom. The van der Waals surface area contributed by atoms with Crippen LogP contribution in [0.4, 0.5) is 5.69 Å². The van der Waals surface area contributed by atoms with E-state index in [1.807, 2.05) is 0 Å². The first-order chi connectivity index (χ1) is 12.8. The van der Waals surface area contributed by atoms with E-state index >= 15 is 0 Å². The molecule has 0 unspecified atom stereocenters. The first-order valence-corrected chi connectivity index (χ1v) is 9.48. The number of sulfonamides is 1. The highest BCUT2D eigenvalue weighted by atomic mass is 35.5. The van der Waals surface area contributed by atoms with Crippen LogP contribution in [0.5, 0.6) is 5.75 Å². The van der Waals surface area contributed by atoms with Gasteiger partial charge in [0.15, 0.2) is 6.61 Å². The van der Waals surface area contributed by atoms with E-state index in [9.17, 15) is 13.2 Å². The molecule has 0 bridgehead atoms. The molecule has 0 aliphatic heterocycles. The average Bonchev–Trinajstić information content (AvgIpc) is 3.15. The summed E-state index contributed by atoms with van der Waals surface area (Å²) in [5.74, 6) is -1.08. The summed E-state index contributed by atoms with van der Waals surface area (Å²) in [6.07, 6.45) is 3.36. The molecule has 8 nitrogen and oxygen atoms in total. The Balaban J connectivity index is 1.82. The lowest BCUT2D eigenvalue weighted by atomic mass is 10.3. The van der Waals surface area contributed by atoms with E-state index in [1.165, 1.54) is 18.2 Å². The van der Waals surface area contributed by atoms with Crippen molar-refractivity contribution in [1.29, 1.82) is 0 Å². The SMILES string of the molecule is O=C(O)COc1ccc(S(=O)(=O)Nc2cccc(-n3cccn3)c2)cc1Cl. The number of nitrogens with zero attached hydrogens (tertiary/aromatic N) is 2. The van der Waals surface area contributed by atoms with Gasteiger partial charge in [-0.05, 0) is 42.5 Å². The van der Waals surface area contributed by atoms with Gasteiger partial charge in [0.1, 0.15) is 5.75 Å². The third-order valence-corrected chi connectivity index (χ3v) is 5.11. The molecule has 0 saturated heterocycles. The summed E-state index contributed by atoms with van der Waals surface area (Å²) in [5.41, 5.74) is 1.04. The number of rotatable bonds is 7. The van der Waals surface area contributed by atoms with Crippen molar-refractivity contribution in [2.45, 2.75) is 4.90 Å². The number of aromatic nitrogens is 2. The zero-order chi connectivity index (χ0) is 19.4. The highest BCUT2D eigenvalue weighted by molar-refractivity contribution is 7.92. The van der Waals surface area contributed by atoms with E-state index < -0.39 is 22.6 Å². The van der Waals surface area contributed by atoms with E-state index in [1.54, 1.807) is 47.4 Å². The topological polar surface area (TPSA) is 111 Å². The van der Waals surface area contributed by atoms with Crippen molar-refractivity contribution in [2.75, 3.05) is 11.3 Å². The van der Waals surface area contributed by atoms with Gasteiger partial charge in [0.25, 0.3) is 10.0 Å². The predicted molar refractivity (Wildman–Crippen MR) is 99.0 cm³/mol. The molecule has 2 aromatic carbocycles. The van der Waals surface area contributed by atoms with Crippen molar-refractivity contribution in [2.24, 2.45) is 0 Å². The van der Waals surface area contributed by atoms with Gasteiger partial charge in [-0.3, -0.25) is 4.72 Å². The molecular weight excluding hydrogens is 394 g/mol. The second-order valence-corrected chi connectivity index (χ2v) is 7.47. The summed E-state index contributed by atoms with van der Waals surface area (Å²) < 4.78 is 34.3. The number of ether oxygens (including phenoxy) is 1. The molecule has 27 heavy (non-hydrogen) atoms. The van der Waals surface area contributed by atoms with Crippen molar-refractivity contribution < 1.29 is 23.1 Å². The Labute approximate surface area is 160 Å². The molecule has 0 fully saturated rings. The molecule has 3 aromatic rings. The molecule has 140 valence electrons. The summed E-state index contributed by atoms with van der Waals surface area (Å²) in [7, 11) is -3.91. The molecule has 1 heterocycles. The smallest absolute Gasteiger partial charge is 0.341 e. The highest BCUT2D eigenvalue weighted by Gasteiger charge is 2.17. The molecule has 0 radical (unpaired) electrons. The van der Waals surface area contributed by atoms with Crippen molar-refractivity contribution in [3.05, 3.63) is 65.9 Å². The average molecular weight is 408 g/mol. The molecule has 0 amide bonds. The maximum Gasteiger partial charge on any atom is 0.341 e. The van der Waals surface area contributed by atoms with Crippen LogP contribution >= 0.6 is 11.6 Å². The molecule has 2 N–H and O–H groups in total. The highest BCUT2D eigenvalue weighted by Crippen LogP contribution is 2.28. The maximum absolute atomic E-state index is 12.6. The Morgan fingerprint density at radius 1 is 1.22 bits per heavy atom. The summed E-state index contributed by atoms with van der Waals surface area (Å²) in [6.45, 7) is -0.579. The van der Waals surface area contributed by atoms with Crippen LogP contribution in [0.15, 0.2) is 65.8 Å². The number of carboxylic acids is 1. The molecule has 0 aliphatic rings. The predicted octanol–water partition coefficient (Wildman–Crippen LogP) is 2.79. The second-order valence-electron chi connectivity index (χ2n) is 5.38. The summed E-state index contributed by atoms with van der Waals surface area (Å²) in [5, 5.41) is 12.7. The summed E-state index contributed by atoms with van der Waals surface area (Å²) in [6, 6.07) is 12.3. The van der Waals surface area contributed by atoms with Crippen LogP contribution in [0.25, 0.3) is 5.69 Å². The maximum atomic E-state index is 12.6. The lowest BCUT2D eigenvalue weighted by Crippen LogP contribution is -2.14. The number of hydrogen-bond donors (Lipinski definition) is 2. The fourth-order valence-corrected chi connectivity index (χ4v) is 3.63. The van der Waals surface area contributed by atoms with Gasteiger partial charge in [0.2, 0.25) is 0 Å². The zero-order valence-electron chi connectivity index (χ0n) is 13.7. The lowest BCUT2D eigenvalue weighted by molar-refractivity contribution is -0.139. The van der Waals surface area contributed by atoms with Gasteiger partial charge in [-0.2, -0.15) is 5.10 Å². The number of hydrogen-bond acceptors (Lipinski definition) is 5. The quantitative estimate of drug-likeness (QED) is 0.623. The Kier molecular flexibility index (Phi) is 5.33. The van der Waals surface area contributed by atoms with Crippen LogP contribution in [0.1, 0.15) is 0 Å². The van der Waals surface area contributed by atoms with E-state index in [-0.39, 0.29) is 15.7 Å². The lowest BCUT2D eigenvalue weighted by Gasteiger charge is -2.11. The standard InChI is InChI=1S/C17H14ClN3O5S/c18-15-10-14(5-6-16(15)26-11-17(22)23)27(24,25)20-12-3-1-4-13(9-12)21-8-2-7-19-21/h1-10,20H,11H2,(H,22,23). The second kappa shape index (κ2) is 7.68. The Hall–Kier alpha value is -3.04. The van der Waals surface area contributed by atoms with Crippen molar-refractivity contribution in [3.63, 3.8) is 0 Å². The van der Waals surface area contributed by atoms with E-state index in [2.05, 4.69) is 9.82 Å². The van der Waals surface area contributed by atoms with Gasteiger partial charge >= 0.3 is 5.97 Å². The summed E-state index contributed by atoms with van der Waals surface area (Å²) >= 11 is 5.99. The van der Waals surface area contributed by atoms with Gasteiger partial charge in [-0.1, -0.05) is 17.7 Å². The Morgan fingerprint density at radius 3 is 2.70 bits per heavy atom. The van der Waals surface area contributed by atoms with Gasteiger partial charge in [0.05, 0.1) is 21.3 Å². The van der Waals surface area contributed by atoms with E-state index in [0.29, 0.717) is 11.4 Å². The minimum absolute atomic E-state index is 0.00980. The number of carbonyl (C=O) groups is 1. The number of benzene rings is 2. The summed E-state index contributed by atoms with van der Waals surface area (Å²) in [4.78, 5) is 10.5. The zero-order valence-corrected chi connectivity index (χ0v) is 15.3. The van der Waals surface area contributed by atoms with Crippen LogP contribution in [0.3, 0.4) is 0 Å². The fraction of sp³-hybridized carbons (Fsp3) is 0.0588. The number of halogens is 1. The van der Waals surface area contributed by atoms with Gasteiger partial charge in [-0.25, -0.2) is 17.9 Å². The third kappa shape index (κ3) is 4.57. The fourth-order valence-electron chi connectivity index (χ4n) is 2.25. The first-order valence-electron chi connectivity index (χ1n) is 7.62. The molecule has 10 heteroatoms. The van der Waals surface area contributed by atoms with Crippen LogP contribution in [0, 0.1) is 0 Å². The van der Waals surface area contributed by atoms with Crippen molar-refractivity contribution >= 4 is 33.3 Å². The number of aliphatic carboxylic acids is 1. The molecule has 0 atom stereocenters. The van der Waals surface area contributed by atoms with Crippen LogP contribution in [0.2, 0.25) is 5.02 Å². The van der Waals surface area contributed by atoms with E-state index in [4.69, 9.17) is 21.4 Å². The molecule has 3 rings (SSSR count). The third-order valence-electron chi connectivity index (χ3n) is 3.43. The normalized spacial score (nSPS) is 11.1. The number of nitrogens with one attached hydrogen (secondary N) is 1. The first kappa shape index (κ1) is 18.7. The van der Waals surface area contributed by atoms with Crippen LogP contribution < -0.4 is 9.46 Å². The largest absolute Gasteiger partial charge is 0.480 e. The minimum atomic E-state index is -3.91. The van der Waals surface area contributed by atoms with Crippen LogP contribution in [-0.2, 0) is 14.8 Å². The Bertz CT molecular complexity index is 1070. The monoisotopic (exact) mass is 407 g/mol.